The number of benzene rings is 1. The fourth-order valence-electron chi connectivity index (χ4n) is 4.01. The van der Waals surface area contributed by atoms with Crippen molar-refractivity contribution >= 4 is 17.4 Å². The number of hydrogen-bond acceptors (Lipinski definition) is 7. The number of halogens is 3. The van der Waals surface area contributed by atoms with Gasteiger partial charge in [-0.15, -0.1) is 0 Å². The van der Waals surface area contributed by atoms with E-state index in [9.17, 15) is 28.2 Å². The topological polar surface area (TPSA) is 125 Å². The predicted molar refractivity (Wildman–Crippen MR) is 121 cm³/mol. The number of aliphatic hydroxyl groups excluding tert-OH is 1. The smallest absolute Gasteiger partial charge is 0.416 e. The van der Waals surface area contributed by atoms with Crippen LogP contribution in [0.4, 0.5) is 19.0 Å². The van der Waals surface area contributed by atoms with Gasteiger partial charge in [-0.3, -0.25) is 9.79 Å². The molecule has 2 unspecified atom stereocenters. The van der Waals surface area contributed by atoms with Gasteiger partial charge in [-0.25, -0.2) is 9.97 Å². The fourth-order valence-corrected chi connectivity index (χ4v) is 4.01. The molecule has 8 nitrogen and oxygen atoms in total. The number of anilines is 1. The highest BCUT2D eigenvalue weighted by molar-refractivity contribution is 6.05. The Morgan fingerprint density at radius 1 is 1.29 bits per heavy atom. The minimum atomic E-state index is -4.60. The third-order valence-corrected chi connectivity index (χ3v) is 5.70. The lowest BCUT2D eigenvalue weighted by Gasteiger charge is -2.34. The molecule has 184 valence electrons. The molecule has 1 fully saturated rings. The van der Waals surface area contributed by atoms with E-state index >= 15 is 0 Å². The maximum atomic E-state index is 13.0. The zero-order chi connectivity index (χ0) is 25.4. The molecule has 0 bridgehead atoms. The van der Waals surface area contributed by atoms with Crippen molar-refractivity contribution in [3.63, 3.8) is 0 Å². The first-order valence-corrected chi connectivity index (χ1v) is 10.9. The minimum absolute atomic E-state index is 0.0179. The Bertz CT molecular complexity index is 1090. The Hall–Kier alpha value is -3.21. The number of rotatable bonds is 5. The first-order valence-electron chi connectivity index (χ1n) is 10.9. The summed E-state index contributed by atoms with van der Waals surface area (Å²) in [5.74, 6) is -0.641. The average molecular weight is 480 g/mol. The van der Waals surface area contributed by atoms with Crippen molar-refractivity contribution in [2.24, 2.45) is 4.99 Å². The quantitative estimate of drug-likeness (QED) is 0.565. The van der Waals surface area contributed by atoms with E-state index in [1.54, 1.807) is 4.90 Å². The van der Waals surface area contributed by atoms with Crippen molar-refractivity contribution in [2.45, 2.75) is 64.9 Å². The number of nitrogens with zero attached hydrogens (tertiary/aromatic N) is 4. The number of likely N-dealkylation sites (tertiary alicyclic amines) is 1. The van der Waals surface area contributed by atoms with E-state index in [0.29, 0.717) is 25.5 Å². The number of nitrogen functional groups attached to an aromatic ring is 1. The maximum absolute atomic E-state index is 13.0. The molecule has 1 saturated heterocycles. The molecule has 0 aliphatic carbocycles. The number of aromatic nitrogens is 2. The Labute approximate surface area is 195 Å². The molecule has 1 aliphatic heterocycles. The van der Waals surface area contributed by atoms with Gasteiger partial charge in [0.05, 0.1) is 35.3 Å². The van der Waals surface area contributed by atoms with Crippen LogP contribution in [0.5, 0.6) is 5.75 Å². The number of phenols is 1. The van der Waals surface area contributed by atoms with Crippen LogP contribution in [-0.2, 0) is 11.0 Å². The van der Waals surface area contributed by atoms with E-state index in [1.165, 1.54) is 20.0 Å². The van der Waals surface area contributed by atoms with Crippen molar-refractivity contribution in [3.05, 3.63) is 35.2 Å². The van der Waals surface area contributed by atoms with Crippen molar-refractivity contribution in [1.29, 1.82) is 0 Å². The number of aliphatic hydroxyl groups is 1. The number of piperidine rings is 1. The maximum Gasteiger partial charge on any atom is 0.416 e. The summed E-state index contributed by atoms with van der Waals surface area (Å²) in [6.07, 6.45) is -3.51. The molecule has 0 spiro atoms. The van der Waals surface area contributed by atoms with E-state index in [0.717, 1.165) is 6.07 Å². The number of alkyl halides is 3. The normalized spacial score (nSPS) is 18.5. The molecule has 2 atom stereocenters. The van der Waals surface area contributed by atoms with Crippen LogP contribution >= 0.6 is 0 Å². The largest absolute Gasteiger partial charge is 0.507 e. The minimum Gasteiger partial charge on any atom is -0.507 e. The number of carbonyl (C=O) groups excluding carboxylic acids is 1. The highest BCUT2D eigenvalue weighted by Crippen LogP contribution is 2.38. The summed E-state index contributed by atoms with van der Waals surface area (Å²) in [4.78, 5) is 27.0. The molecule has 1 amide bonds. The Morgan fingerprint density at radius 2 is 1.97 bits per heavy atom. The number of phenolic OH excluding ortho intramolecular Hbond substituents is 1. The molecule has 4 N–H and O–H groups in total. The molecule has 3 rings (SSSR count). The average Bonchev–Trinajstić information content (AvgIpc) is 2.72. The van der Waals surface area contributed by atoms with Crippen LogP contribution in [0.3, 0.4) is 0 Å². The molecule has 1 aliphatic rings. The molecule has 2 heterocycles. The predicted octanol–water partition coefficient (Wildman–Crippen LogP) is 3.33. The van der Waals surface area contributed by atoms with Crippen molar-refractivity contribution in [2.75, 3.05) is 12.3 Å². The first kappa shape index (κ1) is 25.4. The Kier molecular flexibility index (Phi) is 7.15. The zero-order valence-corrected chi connectivity index (χ0v) is 19.4. The summed E-state index contributed by atoms with van der Waals surface area (Å²) in [6, 6.07) is 1.30. The zero-order valence-electron chi connectivity index (χ0n) is 19.4. The van der Waals surface area contributed by atoms with Crippen molar-refractivity contribution < 1.29 is 28.2 Å². The van der Waals surface area contributed by atoms with Gasteiger partial charge >= 0.3 is 6.18 Å². The summed E-state index contributed by atoms with van der Waals surface area (Å²) in [5, 5.41) is 20.6. The van der Waals surface area contributed by atoms with Gasteiger partial charge < -0.3 is 20.8 Å². The van der Waals surface area contributed by atoms with Gasteiger partial charge in [-0.1, -0.05) is 0 Å². The highest BCUT2D eigenvalue weighted by atomic mass is 19.4. The van der Waals surface area contributed by atoms with E-state index in [4.69, 9.17) is 5.73 Å². The molecule has 0 radical (unpaired) electrons. The van der Waals surface area contributed by atoms with Gasteiger partial charge in [-0.05, 0) is 51.8 Å². The second-order valence-electron chi connectivity index (χ2n) is 8.70. The summed E-state index contributed by atoms with van der Waals surface area (Å²) in [6.45, 7) is 7.16. The van der Waals surface area contributed by atoms with Crippen molar-refractivity contribution in [1.82, 2.24) is 14.9 Å². The van der Waals surface area contributed by atoms with Gasteiger partial charge in [0.1, 0.15) is 11.4 Å². The number of aromatic hydroxyl groups is 1. The lowest BCUT2D eigenvalue weighted by molar-refractivity contribution is -0.138. The second-order valence-corrected chi connectivity index (χ2v) is 8.70. The lowest BCUT2D eigenvalue weighted by Crippen LogP contribution is -2.46. The number of hydrogen-bond donors (Lipinski definition) is 3. The molecular formula is C23H28F3N5O3. The molecule has 0 saturated carbocycles. The SMILES string of the molecule is Cc1cc(C(F)(F)F)cc(O)c1-c1cnc(C(=NC2CCC(=O)N(C(C)C)C2)C(C)O)c(N)n1. The third kappa shape index (κ3) is 5.30. The van der Waals surface area contributed by atoms with Gasteiger partial charge in [0.2, 0.25) is 5.91 Å². The van der Waals surface area contributed by atoms with Crippen LogP contribution in [0.2, 0.25) is 0 Å². The first-order chi connectivity index (χ1) is 15.8. The van der Waals surface area contributed by atoms with Crippen LogP contribution < -0.4 is 5.73 Å². The molecule has 2 aromatic rings. The molecular weight excluding hydrogens is 451 g/mol. The Balaban J connectivity index is 1.97. The van der Waals surface area contributed by atoms with E-state index in [-0.39, 0.29) is 52.0 Å². The number of aryl methyl sites for hydroxylation is 1. The molecule has 1 aromatic heterocycles. The number of nitrogens with two attached hydrogens (primary N) is 1. The van der Waals surface area contributed by atoms with E-state index in [2.05, 4.69) is 15.0 Å². The lowest BCUT2D eigenvalue weighted by atomic mass is 10.0. The molecule has 1 aromatic carbocycles. The second kappa shape index (κ2) is 9.57. The summed E-state index contributed by atoms with van der Waals surface area (Å²) in [7, 11) is 0. The fraction of sp³-hybridized carbons (Fsp3) is 0.478. The molecule has 34 heavy (non-hydrogen) atoms. The van der Waals surface area contributed by atoms with Crippen LogP contribution in [0.25, 0.3) is 11.3 Å². The van der Waals surface area contributed by atoms with Gasteiger partial charge in [0.25, 0.3) is 0 Å². The summed E-state index contributed by atoms with van der Waals surface area (Å²) < 4.78 is 39.1. The van der Waals surface area contributed by atoms with Crippen LogP contribution in [0.1, 0.15) is 50.4 Å². The monoisotopic (exact) mass is 479 g/mol. The van der Waals surface area contributed by atoms with E-state index < -0.39 is 23.6 Å². The summed E-state index contributed by atoms with van der Waals surface area (Å²) in [5.41, 5.74) is 5.78. The van der Waals surface area contributed by atoms with E-state index in [1.807, 2.05) is 13.8 Å². The highest BCUT2D eigenvalue weighted by Gasteiger charge is 2.32. The van der Waals surface area contributed by atoms with Gasteiger partial charge in [-0.2, -0.15) is 13.2 Å². The van der Waals surface area contributed by atoms with Crippen LogP contribution in [0, 0.1) is 6.92 Å². The third-order valence-electron chi connectivity index (χ3n) is 5.70. The van der Waals surface area contributed by atoms with Crippen LogP contribution in [-0.4, -0.2) is 61.4 Å². The molecule has 11 heteroatoms. The van der Waals surface area contributed by atoms with Gasteiger partial charge in [0.15, 0.2) is 5.82 Å². The Morgan fingerprint density at radius 3 is 2.50 bits per heavy atom. The number of carbonyl (C=O) groups is 1. The van der Waals surface area contributed by atoms with Crippen molar-refractivity contribution in [3.8, 4) is 17.0 Å². The van der Waals surface area contributed by atoms with Gasteiger partial charge in [0, 0.05) is 24.6 Å². The number of amides is 1. The summed E-state index contributed by atoms with van der Waals surface area (Å²) >= 11 is 0. The standard InChI is InChI=1S/C23H28F3N5O3/c1-11(2)31-10-15(5-6-18(31)34)29-20(13(4)32)21-22(27)30-16(9-28-21)19-12(3)7-14(8-17(19)33)23(24,25)26/h7-9,11,13,15,32-33H,5-6,10H2,1-4H3,(H2,27,30). The van der Waals surface area contributed by atoms with Crippen LogP contribution in [0.15, 0.2) is 23.3 Å². The number of aliphatic imine (C=N–C) groups is 1.